The molecule has 0 spiro atoms. The van der Waals surface area contributed by atoms with Gasteiger partial charge >= 0.3 is 0 Å². The van der Waals surface area contributed by atoms with E-state index in [0.29, 0.717) is 17.2 Å². The summed E-state index contributed by atoms with van der Waals surface area (Å²) in [6.45, 7) is 12.9. The molecule has 2 aromatic heterocycles. The molecule has 1 aliphatic heterocycles. The summed E-state index contributed by atoms with van der Waals surface area (Å²) < 4.78 is 0. The van der Waals surface area contributed by atoms with Crippen molar-refractivity contribution in [3.63, 3.8) is 0 Å². The van der Waals surface area contributed by atoms with Crippen LogP contribution in [0.5, 0.6) is 0 Å². The van der Waals surface area contributed by atoms with Crippen LogP contribution in [0.2, 0.25) is 0 Å². The van der Waals surface area contributed by atoms with Gasteiger partial charge in [0, 0.05) is 79.6 Å². The van der Waals surface area contributed by atoms with Crippen LogP contribution in [0.3, 0.4) is 0 Å². The Balaban J connectivity index is 1.49. The highest BCUT2D eigenvalue weighted by molar-refractivity contribution is 5.99. The minimum atomic E-state index is -0.171. The van der Waals surface area contributed by atoms with Crippen LogP contribution in [-0.2, 0) is 6.54 Å². The number of aryl methyl sites for hydroxylation is 2. The number of benzene rings is 1. The largest absolute Gasteiger partial charge is 0.369 e. The second kappa shape index (κ2) is 12.9. The Bertz CT molecular complexity index is 1420. The quantitative estimate of drug-likeness (QED) is 0.367. The maximum atomic E-state index is 13.7. The number of amides is 1. The molecule has 1 aromatic carbocycles. The van der Waals surface area contributed by atoms with Gasteiger partial charge < -0.3 is 25.4 Å². The van der Waals surface area contributed by atoms with Crippen molar-refractivity contribution < 1.29 is 4.79 Å². The van der Waals surface area contributed by atoms with Gasteiger partial charge in [-0.1, -0.05) is 19.3 Å². The second-order valence-corrected chi connectivity index (χ2v) is 11.5. The van der Waals surface area contributed by atoms with Crippen molar-refractivity contribution in [2.75, 3.05) is 42.5 Å². The minimum absolute atomic E-state index is 0.154. The zero-order valence-electron chi connectivity index (χ0n) is 25.0. The second-order valence-electron chi connectivity index (χ2n) is 11.5. The molecule has 218 valence electrons. The Morgan fingerprint density at radius 2 is 1.80 bits per heavy atom. The Kier molecular flexibility index (Phi) is 9.08. The van der Waals surface area contributed by atoms with E-state index in [0.717, 1.165) is 72.2 Å². The van der Waals surface area contributed by atoms with Gasteiger partial charge in [-0.3, -0.25) is 9.59 Å². The lowest BCUT2D eigenvalue weighted by Crippen LogP contribution is -2.43. The monoisotopic (exact) mass is 556 g/mol. The minimum Gasteiger partial charge on any atom is -0.369 e. The van der Waals surface area contributed by atoms with E-state index in [1.807, 2.05) is 32.2 Å². The molecule has 1 amide bonds. The van der Waals surface area contributed by atoms with Crippen LogP contribution in [0.4, 0.5) is 11.5 Å². The van der Waals surface area contributed by atoms with Gasteiger partial charge in [-0.05, 0) is 87.6 Å². The summed E-state index contributed by atoms with van der Waals surface area (Å²) in [6, 6.07) is 10.8. The molecule has 0 radical (unpaired) electrons. The number of pyridine rings is 2. The number of anilines is 2. The van der Waals surface area contributed by atoms with E-state index < -0.39 is 0 Å². The Labute approximate surface area is 243 Å². The molecule has 8 heteroatoms. The standard InChI is InChI=1S/C33H44N6O2/c1-5-39(27-9-7-6-8-10-27)30-19-26(25-11-12-31(35-20-25)38-15-13-34-14-16-38)18-28(24(30)4)32(40)36-21-29-22(2)17-23(3)37-33(29)41/h11-12,17-20,27,34H,5-10,13-16,21H2,1-4H3,(H,36,40)(H,37,41). The van der Waals surface area contributed by atoms with Gasteiger partial charge in [0.05, 0.1) is 0 Å². The highest BCUT2D eigenvalue weighted by Gasteiger charge is 2.25. The molecule has 3 aromatic rings. The summed E-state index contributed by atoms with van der Waals surface area (Å²) in [5.41, 5.74) is 6.81. The summed E-state index contributed by atoms with van der Waals surface area (Å²) in [6.07, 6.45) is 8.07. The highest BCUT2D eigenvalue weighted by atomic mass is 16.1. The number of piperazine rings is 1. The first-order valence-corrected chi connectivity index (χ1v) is 15.2. The predicted octanol–water partition coefficient (Wildman–Crippen LogP) is 4.86. The number of hydrogen-bond donors (Lipinski definition) is 3. The molecule has 3 heterocycles. The number of H-pyrrole nitrogens is 1. The van der Waals surface area contributed by atoms with Crippen LogP contribution in [0.25, 0.3) is 11.1 Å². The van der Waals surface area contributed by atoms with E-state index in [4.69, 9.17) is 4.98 Å². The van der Waals surface area contributed by atoms with Crippen LogP contribution in [-0.4, -0.2) is 54.6 Å². The normalized spacial score (nSPS) is 16.0. The zero-order valence-corrected chi connectivity index (χ0v) is 25.0. The van der Waals surface area contributed by atoms with E-state index in [2.05, 4.69) is 57.5 Å². The van der Waals surface area contributed by atoms with Crippen molar-refractivity contribution in [1.82, 2.24) is 20.6 Å². The van der Waals surface area contributed by atoms with Gasteiger partial charge in [-0.2, -0.15) is 0 Å². The number of hydrogen-bond acceptors (Lipinski definition) is 6. The van der Waals surface area contributed by atoms with Gasteiger partial charge in [0.15, 0.2) is 0 Å². The number of rotatable bonds is 8. The molecule has 8 nitrogen and oxygen atoms in total. The lowest BCUT2D eigenvalue weighted by Gasteiger charge is -2.37. The molecule has 2 aliphatic rings. The molecular formula is C33H44N6O2. The molecule has 3 N–H and O–H groups in total. The fourth-order valence-corrected chi connectivity index (χ4v) is 6.42. The molecule has 0 unspecified atom stereocenters. The molecular weight excluding hydrogens is 512 g/mol. The number of nitrogens with one attached hydrogen (secondary N) is 3. The molecule has 0 bridgehead atoms. The fourth-order valence-electron chi connectivity index (χ4n) is 6.42. The van der Waals surface area contributed by atoms with Crippen molar-refractivity contribution in [1.29, 1.82) is 0 Å². The van der Waals surface area contributed by atoms with Crippen molar-refractivity contribution in [2.45, 2.75) is 72.4 Å². The Morgan fingerprint density at radius 1 is 1.05 bits per heavy atom. The first kappa shape index (κ1) is 28.9. The zero-order chi connectivity index (χ0) is 28.9. The van der Waals surface area contributed by atoms with Gasteiger partial charge in [0.1, 0.15) is 5.82 Å². The predicted molar refractivity (Wildman–Crippen MR) is 167 cm³/mol. The lowest BCUT2D eigenvalue weighted by molar-refractivity contribution is 0.0950. The van der Waals surface area contributed by atoms with E-state index in [-0.39, 0.29) is 18.0 Å². The molecule has 5 rings (SSSR count). The van der Waals surface area contributed by atoms with Gasteiger partial charge in [-0.15, -0.1) is 0 Å². The Hall–Kier alpha value is -3.65. The Morgan fingerprint density at radius 3 is 2.46 bits per heavy atom. The maximum absolute atomic E-state index is 13.7. The van der Waals surface area contributed by atoms with Crippen LogP contribution >= 0.6 is 0 Å². The average molecular weight is 557 g/mol. The molecule has 1 saturated heterocycles. The van der Waals surface area contributed by atoms with E-state index in [1.54, 1.807) is 0 Å². The summed E-state index contributed by atoms with van der Waals surface area (Å²) in [7, 11) is 0. The van der Waals surface area contributed by atoms with Crippen LogP contribution in [0.15, 0.2) is 41.3 Å². The number of nitrogens with zero attached hydrogens (tertiary/aromatic N) is 3. The molecule has 1 saturated carbocycles. The highest BCUT2D eigenvalue weighted by Crippen LogP contribution is 2.35. The fraction of sp³-hybridized carbons (Fsp3) is 0.485. The van der Waals surface area contributed by atoms with Crippen molar-refractivity contribution in [3.05, 3.63) is 74.8 Å². The third-order valence-corrected chi connectivity index (χ3v) is 8.73. The average Bonchev–Trinajstić information content (AvgIpc) is 2.99. The number of carbonyl (C=O) groups is 1. The summed E-state index contributed by atoms with van der Waals surface area (Å²) in [5.74, 6) is 0.812. The first-order chi connectivity index (χ1) is 19.9. The summed E-state index contributed by atoms with van der Waals surface area (Å²) in [5, 5.41) is 6.44. The lowest BCUT2D eigenvalue weighted by atomic mass is 9.91. The topological polar surface area (TPSA) is 93.4 Å². The maximum Gasteiger partial charge on any atom is 0.253 e. The number of carbonyl (C=O) groups excluding carboxylic acids is 1. The van der Waals surface area contributed by atoms with Crippen molar-refractivity contribution in [2.24, 2.45) is 0 Å². The number of aromatic amines is 1. The van der Waals surface area contributed by atoms with Crippen LogP contribution in [0.1, 0.15) is 71.8 Å². The SMILES string of the molecule is CCN(c1cc(-c2ccc(N3CCNCC3)nc2)cc(C(=O)NCc2c(C)cc(C)[nH]c2=O)c1C)C1CCCCC1. The molecule has 2 fully saturated rings. The number of aromatic nitrogens is 2. The van der Waals surface area contributed by atoms with Crippen LogP contribution < -0.4 is 26.0 Å². The van der Waals surface area contributed by atoms with Gasteiger partial charge in [0.25, 0.3) is 11.5 Å². The third-order valence-electron chi connectivity index (χ3n) is 8.73. The molecule has 1 aliphatic carbocycles. The first-order valence-electron chi connectivity index (χ1n) is 15.2. The summed E-state index contributed by atoms with van der Waals surface area (Å²) >= 11 is 0. The van der Waals surface area contributed by atoms with Gasteiger partial charge in [0.2, 0.25) is 0 Å². The van der Waals surface area contributed by atoms with Crippen LogP contribution in [0, 0.1) is 20.8 Å². The van der Waals surface area contributed by atoms with E-state index >= 15 is 0 Å². The van der Waals surface area contributed by atoms with Gasteiger partial charge in [-0.25, -0.2) is 4.98 Å². The van der Waals surface area contributed by atoms with E-state index in [9.17, 15) is 9.59 Å². The smallest absolute Gasteiger partial charge is 0.253 e. The van der Waals surface area contributed by atoms with Crippen molar-refractivity contribution in [3.8, 4) is 11.1 Å². The molecule has 41 heavy (non-hydrogen) atoms. The summed E-state index contributed by atoms with van der Waals surface area (Å²) in [4.78, 5) is 38.8. The van der Waals surface area contributed by atoms with Crippen molar-refractivity contribution >= 4 is 17.4 Å². The van der Waals surface area contributed by atoms with E-state index in [1.165, 1.54) is 32.1 Å². The third kappa shape index (κ3) is 6.48. The molecule has 0 atom stereocenters.